The van der Waals surface area contributed by atoms with E-state index in [2.05, 4.69) is 36.2 Å². The van der Waals surface area contributed by atoms with Gasteiger partial charge in [0.25, 0.3) is 5.91 Å². The molecule has 2 N–H and O–H groups in total. The Morgan fingerprint density at radius 1 is 1.24 bits per heavy atom. The average Bonchev–Trinajstić information content (AvgIpc) is 3.49. The van der Waals surface area contributed by atoms with Crippen molar-refractivity contribution in [2.75, 3.05) is 19.1 Å². The van der Waals surface area contributed by atoms with Gasteiger partial charge in [-0.15, -0.1) is 0 Å². The molecule has 0 saturated carbocycles. The number of aromatic nitrogens is 3. The van der Waals surface area contributed by atoms with Crippen molar-refractivity contribution in [3.63, 3.8) is 0 Å². The van der Waals surface area contributed by atoms with Crippen LogP contribution in [0.15, 0.2) is 67.4 Å². The molecule has 0 saturated heterocycles. The summed E-state index contributed by atoms with van der Waals surface area (Å²) in [6, 6.07) is 5.91. The Morgan fingerprint density at radius 3 is 2.73 bits per heavy atom. The first-order chi connectivity index (χ1) is 17.9. The Kier molecular flexibility index (Phi) is 7.86. The number of carbonyl (C=O) groups is 1. The lowest BCUT2D eigenvalue weighted by Gasteiger charge is -2.28. The fourth-order valence-electron chi connectivity index (χ4n) is 4.50. The molecule has 4 rings (SSSR count). The molecule has 0 spiro atoms. The summed E-state index contributed by atoms with van der Waals surface area (Å²) in [4.78, 5) is 17.9. The van der Waals surface area contributed by atoms with E-state index in [9.17, 15) is 4.79 Å². The number of rotatable bonds is 10. The predicted octanol–water partition coefficient (Wildman–Crippen LogP) is 5.48. The van der Waals surface area contributed by atoms with Gasteiger partial charge in [0, 0.05) is 36.8 Å². The summed E-state index contributed by atoms with van der Waals surface area (Å²) in [5.41, 5.74) is 8.11. The average molecular weight is 502 g/mol. The van der Waals surface area contributed by atoms with Crippen LogP contribution in [0.4, 0.5) is 0 Å². The first-order valence-corrected chi connectivity index (χ1v) is 12.5. The molecule has 0 fully saturated rings. The van der Waals surface area contributed by atoms with E-state index >= 15 is 0 Å². The van der Waals surface area contributed by atoms with Crippen molar-refractivity contribution in [1.82, 2.24) is 19.5 Å². The van der Waals surface area contributed by atoms with Crippen LogP contribution < -0.4 is 15.5 Å². The molecule has 3 heterocycles. The van der Waals surface area contributed by atoms with Gasteiger partial charge in [-0.1, -0.05) is 38.6 Å². The van der Waals surface area contributed by atoms with Gasteiger partial charge in [-0.05, 0) is 54.7 Å². The van der Waals surface area contributed by atoms with Gasteiger partial charge in [0.05, 0.1) is 13.7 Å². The minimum atomic E-state index is -0.482. The molecule has 0 bridgehead atoms. The number of benzene rings is 1. The van der Waals surface area contributed by atoms with E-state index in [1.165, 1.54) is 0 Å². The van der Waals surface area contributed by atoms with E-state index in [-0.39, 0.29) is 5.91 Å². The minimum Gasteiger partial charge on any atom is -0.496 e. The molecule has 1 atom stereocenters. The molecule has 194 valence electrons. The van der Waals surface area contributed by atoms with Crippen LogP contribution in [0.5, 0.6) is 5.75 Å². The molecule has 8 nitrogen and oxygen atoms in total. The summed E-state index contributed by atoms with van der Waals surface area (Å²) in [5.74, 6) is 2.05. The highest BCUT2D eigenvalue weighted by atomic mass is 16.5. The Labute approximate surface area is 218 Å². The molecule has 3 aromatic rings. The highest BCUT2D eigenvalue weighted by Gasteiger charge is 2.32. The standard InChI is InChI=1S/C29H35N5O3/c1-7-10-21(37-17-8-2)14-13-19(3)25-23(22-11-9-12-24(36-6)20(22)4)18-34-26(25)29(35)31-27(32-34)28-30-15-16-33(28)5/h9-16,18,27,32H,3,7-8,17H2,1-2,4-6H3,(H,31,35)/b14-13-,21-10+. The first kappa shape index (κ1) is 25.9. The highest BCUT2D eigenvalue weighted by Crippen LogP contribution is 2.39. The van der Waals surface area contributed by atoms with Crippen LogP contribution >= 0.6 is 0 Å². The second kappa shape index (κ2) is 11.2. The van der Waals surface area contributed by atoms with Crippen molar-refractivity contribution in [2.45, 2.75) is 39.8 Å². The molecule has 1 unspecified atom stereocenters. The molecule has 1 aromatic carbocycles. The number of hydrogen-bond acceptors (Lipinski definition) is 5. The summed E-state index contributed by atoms with van der Waals surface area (Å²) in [5, 5.41) is 3.05. The number of imidazole rings is 1. The van der Waals surface area contributed by atoms with Gasteiger partial charge in [-0.3, -0.25) is 14.9 Å². The number of nitrogens with zero attached hydrogens (tertiary/aromatic N) is 3. The number of aryl methyl sites for hydroxylation is 1. The van der Waals surface area contributed by atoms with Gasteiger partial charge >= 0.3 is 0 Å². The zero-order valence-corrected chi connectivity index (χ0v) is 22.2. The lowest BCUT2D eigenvalue weighted by molar-refractivity contribution is 0.0912. The monoisotopic (exact) mass is 501 g/mol. The van der Waals surface area contributed by atoms with E-state index < -0.39 is 6.17 Å². The largest absolute Gasteiger partial charge is 0.496 e. The maximum absolute atomic E-state index is 13.5. The maximum Gasteiger partial charge on any atom is 0.272 e. The van der Waals surface area contributed by atoms with E-state index in [4.69, 9.17) is 9.47 Å². The van der Waals surface area contributed by atoms with Crippen molar-refractivity contribution in [3.05, 3.63) is 90.0 Å². The lowest BCUT2D eigenvalue weighted by Crippen LogP contribution is -2.45. The lowest BCUT2D eigenvalue weighted by atomic mass is 9.93. The van der Waals surface area contributed by atoms with E-state index in [0.717, 1.165) is 46.6 Å². The summed E-state index contributed by atoms with van der Waals surface area (Å²) in [7, 11) is 3.55. The smallest absolute Gasteiger partial charge is 0.272 e. The quantitative estimate of drug-likeness (QED) is 0.284. The van der Waals surface area contributed by atoms with Crippen molar-refractivity contribution in [2.24, 2.45) is 7.05 Å². The van der Waals surface area contributed by atoms with E-state index in [1.54, 1.807) is 18.0 Å². The first-order valence-electron chi connectivity index (χ1n) is 12.5. The van der Waals surface area contributed by atoms with Crippen molar-refractivity contribution in [1.29, 1.82) is 0 Å². The van der Waals surface area contributed by atoms with Gasteiger partial charge in [-0.25, -0.2) is 4.98 Å². The van der Waals surface area contributed by atoms with Crippen LogP contribution in [0.1, 0.15) is 60.3 Å². The number of fused-ring (bicyclic) bond motifs is 1. The third kappa shape index (κ3) is 5.18. The normalized spacial score (nSPS) is 15.3. The molecule has 0 aliphatic carbocycles. The van der Waals surface area contributed by atoms with Gasteiger partial charge in [0.15, 0.2) is 12.0 Å². The van der Waals surface area contributed by atoms with Crippen LogP contribution in [0.25, 0.3) is 16.7 Å². The van der Waals surface area contributed by atoms with Crippen molar-refractivity contribution >= 4 is 11.5 Å². The van der Waals surface area contributed by atoms with Crippen LogP contribution in [-0.2, 0) is 11.8 Å². The zero-order chi connectivity index (χ0) is 26.5. The second-order valence-corrected chi connectivity index (χ2v) is 8.92. The number of allylic oxidation sites excluding steroid dienone is 4. The molecule has 0 radical (unpaired) electrons. The van der Waals surface area contributed by atoms with Gasteiger partial charge in [0.1, 0.15) is 17.2 Å². The van der Waals surface area contributed by atoms with Gasteiger partial charge < -0.3 is 19.4 Å². The summed E-state index contributed by atoms with van der Waals surface area (Å²) in [6.45, 7) is 11.2. The van der Waals surface area contributed by atoms with Crippen LogP contribution in [0.3, 0.4) is 0 Å². The summed E-state index contributed by atoms with van der Waals surface area (Å²) < 4.78 is 15.1. The fraction of sp³-hybridized carbons (Fsp3) is 0.310. The van der Waals surface area contributed by atoms with Gasteiger partial charge in [0.2, 0.25) is 0 Å². The number of hydrogen-bond donors (Lipinski definition) is 2. The second-order valence-electron chi connectivity index (χ2n) is 8.92. The fourth-order valence-corrected chi connectivity index (χ4v) is 4.50. The minimum absolute atomic E-state index is 0.213. The number of amides is 1. The molecule has 1 aliphatic heterocycles. The van der Waals surface area contributed by atoms with E-state index in [1.807, 2.05) is 67.4 Å². The number of methoxy groups -OCH3 is 1. The van der Waals surface area contributed by atoms with Gasteiger partial charge in [-0.2, -0.15) is 0 Å². The zero-order valence-electron chi connectivity index (χ0n) is 22.2. The summed E-state index contributed by atoms with van der Waals surface area (Å²) in [6.07, 6.45) is 12.6. The van der Waals surface area contributed by atoms with Crippen molar-refractivity contribution in [3.8, 4) is 16.9 Å². The number of carbonyl (C=O) groups excluding carboxylic acids is 1. The number of nitrogens with one attached hydrogen (secondary N) is 2. The highest BCUT2D eigenvalue weighted by molar-refractivity contribution is 6.04. The predicted molar refractivity (Wildman–Crippen MR) is 147 cm³/mol. The Hall–Kier alpha value is -4.20. The molecular formula is C29H35N5O3. The maximum atomic E-state index is 13.5. The third-order valence-electron chi connectivity index (χ3n) is 6.32. The molecular weight excluding hydrogens is 466 g/mol. The molecule has 2 aromatic heterocycles. The third-order valence-corrected chi connectivity index (χ3v) is 6.32. The Bertz CT molecular complexity index is 1360. The SMILES string of the molecule is C=C(/C=C\C(=C/CC)OCCC)c1c(-c2cccc(OC)c2C)cn2c1C(=O)NC(c1nccn1C)N2. The molecule has 1 amide bonds. The summed E-state index contributed by atoms with van der Waals surface area (Å²) >= 11 is 0. The Balaban J connectivity index is 1.82. The van der Waals surface area contributed by atoms with Crippen LogP contribution in [0, 0.1) is 6.92 Å². The molecule has 8 heteroatoms. The van der Waals surface area contributed by atoms with Crippen LogP contribution in [-0.4, -0.2) is 33.9 Å². The Morgan fingerprint density at radius 2 is 2.05 bits per heavy atom. The number of ether oxygens (including phenoxy) is 2. The van der Waals surface area contributed by atoms with Crippen LogP contribution in [0.2, 0.25) is 0 Å². The van der Waals surface area contributed by atoms with Crippen molar-refractivity contribution < 1.29 is 14.3 Å². The molecule has 1 aliphatic rings. The van der Waals surface area contributed by atoms with E-state index in [0.29, 0.717) is 23.7 Å². The molecule has 37 heavy (non-hydrogen) atoms. The topological polar surface area (TPSA) is 82.3 Å².